The van der Waals surface area contributed by atoms with Crippen molar-refractivity contribution in [2.24, 2.45) is 5.92 Å². The van der Waals surface area contributed by atoms with E-state index in [1.165, 1.54) is 12.8 Å². The van der Waals surface area contributed by atoms with Gasteiger partial charge in [-0.05, 0) is 69.3 Å². The van der Waals surface area contributed by atoms with Gasteiger partial charge in [0, 0.05) is 30.6 Å². The molecule has 1 aromatic carbocycles. The minimum atomic E-state index is -0.562. The molecule has 3 aliphatic rings. The van der Waals surface area contributed by atoms with E-state index in [0.29, 0.717) is 31.0 Å². The predicted molar refractivity (Wildman–Crippen MR) is 109 cm³/mol. The van der Waals surface area contributed by atoms with E-state index in [4.69, 9.17) is 0 Å². The number of hydrogen-bond acceptors (Lipinski definition) is 5. The van der Waals surface area contributed by atoms with Gasteiger partial charge in [-0.3, -0.25) is 19.7 Å². The molecule has 0 spiro atoms. The second-order valence-electron chi connectivity index (χ2n) is 8.99. The standard InChI is InChI=1S/C22H30N4O3/c1-22(2,16-7-9-23-10-8-16)24-12-14-3-4-15-13-26(21(29)17(15)11-14)18-5-6-19(27)25-20(18)28/h3-4,11,16,18,23-24H,5-10,12-13H2,1-2H3,(H,25,27,28). The lowest BCUT2D eigenvalue weighted by atomic mass is 9.80. The Morgan fingerprint density at radius 1 is 1.14 bits per heavy atom. The van der Waals surface area contributed by atoms with Gasteiger partial charge < -0.3 is 15.5 Å². The number of benzene rings is 1. The Morgan fingerprint density at radius 3 is 2.62 bits per heavy atom. The molecule has 0 saturated carbocycles. The van der Waals surface area contributed by atoms with Gasteiger partial charge in [-0.1, -0.05) is 12.1 Å². The number of nitrogens with one attached hydrogen (secondary N) is 3. The molecule has 1 atom stereocenters. The van der Waals surface area contributed by atoms with E-state index >= 15 is 0 Å². The number of piperidine rings is 2. The van der Waals surface area contributed by atoms with Crippen LogP contribution in [0.15, 0.2) is 18.2 Å². The summed E-state index contributed by atoms with van der Waals surface area (Å²) in [5.41, 5.74) is 2.73. The van der Waals surface area contributed by atoms with Crippen molar-refractivity contribution in [2.75, 3.05) is 13.1 Å². The molecule has 7 heteroatoms. The highest BCUT2D eigenvalue weighted by atomic mass is 16.2. The van der Waals surface area contributed by atoms with Crippen molar-refractivity contribution >= 4 is 17.7 Å². The molecular weight excluding hydrogens is 368 g/mol. The summed E-state index contributed by atoms with van der Waals surface area (Å²) in [6, 6.07) is 5.45. The summed E-state index contributed by atoms with van der Waals surface area (Å²) in [4.78, 5) is 38.1. The van der Waals surface area contributed by atoms with Crippen LogP contribution in [0.1, 0.15) is 61.0 Å². The molecule has 0 aromatic heterocycles. The van der Waals surface area contributed by atoms with E-state index in [1.54, 1.807) is 4.90 Å². The second kappa shape index (κ2) is 7.88. The Morgan fingerprint density at radius 2 is 1.90 bits per heavy atom. The van der Waals surface area contributed by atoms with Gasteiger partial charge in [0.1, 0.15) is 6.04 Å². The first-order chi connectivity index (χ1) is 13.8. The van der Waals surface area contributed by atoms with Gasteiger partial charge in [-0.25, -0.2) is 0 Å². The summed E-state index contributed by atoms with van der Waals surface area (Å²) in [7, 11) is 0. The third kappa shape index (κ3) is 4.07. The number of carbonyl (C=O) groups is 3. The highest BCUT2D eigenvalue weighted by Crippen LogP contribution is 2.29. The van der Waals surface area contributed by atoms with E-state index in [1.807, 2.05) is 12.1 Å². The van der Waals surface area contributed by atoms with Crippen molar-refractivity contribution in [3.8, 4) is 0 Å². The summed E-state index contributed by atoms with van der Waals surface area (Å²) < 4.78 is 0. The molecule has 3 aliphatic heterocycles. The van der Waals surface area contributed by atoms with Crippen molar-refractivity contribution in [1.82, 2.24) is 20.9 Å². The summed E-state index contributed by atoms with van der Waals surface area (Å²) in [6.07, 6.45) is 3.01. The molecule has 2 fully saturated rings. The van der Waals surface area contributed by atoms with Gasteiger partial charge in [0.05, 0.1) is 0 Å². The molecule has 4 rings (SSSR count). The van der Waals surface area contributed by atoms with Crippen molar-refractivity contribution in [3.05, 3.63) is 34.9 Å². The van der Waals surface area contributed by atoms with Crippen LogP contribution in [0, 0.1) is 5.92 Å². The minimum absolute atomic E-state index is 0.0316. The molecule has 1 aromatic rings. The molecule has 156 valence electrons. The minimum Gasteiger partial charge on any atom is -0.322 e. The van der Waals surface area contributed by atoms with Gasteiger partial charge >= 0.3 is 0 Å². The van der Waals surface area contributed by atoms with E-state index in [0.717, 1.165) is 24.2 Å². The lowest BCUT2D eigenvalue weighted by Crippen LogP contribution is -2.52. The zero-order valence-electron chi connectivity index (χ0n) is 17.2. The number of imide groups is 1. The quantitative estimate of drug-likeness (QED) is 0.651. The molecule has 7 nitrogen and oxygen atoms in total. The van der Waals surface area contributed by atoms with Crippen molar-refractivity contribution in [1.29, 1.82) is 0 Å². The maximum Gasteiger partial charge on any atom is 0.255 e. The largest absolute Gasteiger partial charge is 0.322 e. The van der Waals surface area contributed by atoms with Crippen LogP contribution in [0.2, 0.25) is 0 Å². The van der Waals surface area contributed by atoms with E-state index in [9.17, 15) is 14.4 Å². The van der Waals surface area contributed by atoms with Crippen LogP contribution in [0.25, 0.3) is 0 Å². The fourth-order valence-corrected chi connectivity index (χ4v) is 4.73. The SMILES string of the molecule is CC(C)(NCc1ccc2c(c1)C(=O)N(C1CCC(=O)NC1=O)C2)C1CCNCC1. The lowest BCUT2D eigenvalue weighted by molar-refractivity contribution is -0.136. The van der Waals surface area contributed by atoms with Gasteiger partial charge in [0.15, 0.2) is 0 Å². The Hall–Kier alpha value is -2.25. The third-order valence-electron chi connectivity index (χ3n) is 6.70. The number of nitrogens with zero attached hydrogens (tertiary/aromatic N) is 1. The van der Waals surface area contributed by atoms with Gasteiger partial charge in [-0.2, -0.15) is 0 Å². The zero-order chi connectivity index (χ0) is 20.6. The number of hydrogen-bond donors (Lipinski definition) is 3. The molecule has 2 saturated heterocycles. The zero-order valence-corrected chi connectivity index (χ0v) is 17.2. The first-order valence-corrected chi connectivity index (χ1v) is 10.6. The predicted octanol–water partition coefficient (Wildman–Crippen LogP) is 1.32. The van der Waals surface area contributed by atoms with E-state index < -0.39 is 6.04 Å². The first-order valence-electron chi connectivity index (χ1n) is 10.6. The van der Waals surface area contributed by atoms with Crippen molar-refractivity contribution in [2.45, 2.75) is 64.2 Å². The first kappa shape index (κ1) is 20.0. The van der Waals surface area contributed by atoms with Crippen LogP contribution < -0.4 is 16.0 Å². The van der Waals surface area contributed by atoms with E-state index in [-0.39, 0.29) is 29.7 Å². The molecule has 3 amide bonds. The molecule has 0 radical (unpaired) electrons. The Kier molecular flexibility index (Phi) is 5.44. The normalized spacial score (nSPS) is 23.3. The molecule has 0 aliphatic carbocycles. The lowest BCUT2D eigenvalue weighted by Gasteiger charge is -2.38. The molecule has 1 unspecified atom stereocenters. The second-order valence-corrected chi connectivity index (χ2v) is 8.99. The number of amides is 3. The molecule has 29 heavy (non-hydrogen) atoms. The highest BCUT2D eigenvalue weighted by molar-refractivity contribution is 6.05. The molecule has 0 bridgehead atoms. The van der Waals surface area contributed by atoms with Gasteiger partial charge in [0.25, 0.3) is 5.91 Å². The Balaban J connectivity index is 1.42. The van der Waals surface area contributed by atoms with Crippen LogP contribution in [0.3, 0.4) is 0 Å². The summed E-state index contributed by atoms with van der Waals surface area (Å²) >= 11 is 0. The summed E-state index contributed by atoms with van der Waals surface area (Å²) in [6.45, 7) is 7.78. The van der Waals surface area contributed by atoms with Crippen molar-refractivity contribution in [3.63, 3.8) is 0 Å². The maximum absolute atomic E-state index is 13.0. The topological polar surface area (TPSA) is 90.5 Å². The monoisotopic (exact) mass is 398 g/mol. The number of carbonyl (C=O) groups excluding carboxylic acids is 3. The van der Waals surface area contributed by atoms with Crippen LogP contribution in [-0.2, 0) is 22.7 Å². The average Bonchev–Trinajstić information content (AvgIpc) is 3.03. The van der Waals surface area contributed by atoms with Crippen LogP contribution in [0.4, 0.5) is 0 Å². The highest BCUT2D eigenvalue weighted by Gasteiger charge is 2.39. The fraction of sp³-hybridized carbons (Fsp3) is 0.591. The third-order valence-corrected chi connectivity index (χ3v) is 6.70. The van der Waals surface area contributed by atoms with Gasteiger partial charge in [0.2, 0.25) is 11.8 Å². The summed E-state index contributed by atoms with van der Waals surface area (Å²) in [5.74, 6) is -0.120. The number of rotatable bonds is 5. The van der Waals surface area contributed by atoms with Crippen LogP contribution >= 0.6 is 0 Å². The Bertz CT molecular complexity index is 829. The smallest absolute Gasteiger partial charge is 0.255 e. The molecular formula is C22H30N4O3. The summed E-state index contributed by atoms with van der Waals surface area (Å²) in [5, 5.41) is 9.44. The molecule has 3 N–H and O–H groups in total. The average molecular weight is 399 g/mol. The number of fused-ring (bicyclic) bond motifs is 1. The fourth-order valence-electron chi connectivity index (χ4n) is 4.73. The molecule has 3 heterocycles. The van der Waals surface area contributed by atoms with Crippen LogP contribution in [0.5, 0.6) is 0 Å². The van der Waals surface area contributed by atoms with Crippen molar-refractivity contribution < 1.29 is 14.4 Å². The van der Waals surface area contributed by atoms with Crippen LogP contribution in [-0.4, -0.2) is 47.3 Å². The van der Waals surface area contributed by atoms with E-state index in [2.05, 4.69) is 35.9 Å². The Labute approximate surface area is 171 Å². The van der Waals surface area contributed by atoms with Gasteiger partial charge in [-0.15, -0.1) is 0 Å². The maximum atomic E-state index is 13.0.